The Bertz CT molecular complexity index is 805. The minimum Gasteiger partial charge on any atom is -0.279 e. The van der Waals surface area contributed by atoms with Crippen molar-refractivity contribution in [3.05, 3.63) is 51.3 Å². The van der Waals surface area contributed by atoms with Crippen molar-refractivity contribution in [1.29, 1.82) is 0 Å². The number of benzene rings is 1. The molecule has 112 valence electrons. The number of sulfonamides is 1. The zero-order valence-electron chi connectivity index (χ0n) is 11.7. The third-order valence-corrected chi connectivity index (χ3v) is 5.22. The predicted octanol–water partition coefficient (Wildman–Crippen LogP) is 4.11. The molecule has 2 aromatic rings. The highest BCUT2D eigenvalue weighted by atomic mass is 35.5. The minimum absolute atomic E-state index is 0.0000630. The van der Waals surface area contributed by atoms with Gasteiger partial charge < -0.3 is 0 Å². The molecule has 1 N–H and O–H groups in total. The van der Waals surface area contributed by atoms with Crippen LogP contribution in [0.25, 0.3) is 0 Å². The molecule has 0 aliphatic rings. The lowest BCUT2D eigenvalue weighted by Gasteiger charge is -2.13. The predicted molar refractivity (Wildman–Crippen MR) is 85.7 cm³/mol. The lowest BCUT2D eigenvalue weighted by Crippen LogP contribution is -2.15. The van der Waals surface area contributed by atoms with Crippen molar-refractivity contribution in [2.45, 2.75) is 25.7 Å². The number of nitrogens with zero attached hydrogens (tertiary/aromatic N) is 1. The summed E-state index contributed by atoms with van der Waals surface area (Å²) in [5, 5.41) is 0.511. The summed E-state index contributed by atoms with van der Waals surface area (Å²) in [6.07, 6.45) is 1.61. The molecular formula is C14H14Cl2N2O2S. The third kappa shape index (κ3) is 3.48. The van der Waals surface area contributed by atoms with E-state index in [-0.39, 0.29) is 9.92 Å². The summed E-state index contributed by atoms with van der Waals surface area (Å²) in [6, 6.07) is 4.55. The fourth-order valence-corrected chi connectivity index (χ4v) is 3.73. The van der Waals surface area contributed by atoms with E-state index in [0.717, 1.165) is 11.3 Å². The zero-order valence-corrected chi connectivity index (χ0v) is 14.1. The first-order chi connectivity index (χ1) is 9.70. The van der Waals surface area contributed by atoms with E-state index in [0.29, 0.717) is 16.3 Å². The van der Waals surface area contributed by atoms with E-state index in [1.807, 2.05) is 0 Å². The van der Waals surface area contributed by atoms with Crippen LogP contribution in [-0.2, 0) is 10.0 Å². The van der Waals surface area contributed by atoms with Gasteiger partial charge >= 0.3 is 0 Å². The molecule has 0 spiro atoms. The summed E-state index contributed by atoms with van der Waals surface area (Å²) in [4.78, 5) is 4.11. The van der Waals surface area contributed by atoms with Crippen LogP contribution in [0.1, 0.15) is 16.8 Å². The van der Waals surface area contributed by atoms with Crippen molar-refractivity contribution in [3.63, 3.8) is 0 Å². The van der Waals surface area contributed by atoms with Crippen molar-refractivity contribution in [1.82, 2.24) is 4.98 Å². The fourth-order valence-electron chi connectivity index (χ4n) is 1.77. The number of nitrogens with one attached hydrogen (secondary N) is 1. The molecule has 0 aliphatic heterocycles. The molecule has 1 aromatic carbocycles. The van der Waals surface area contributed by atoms with Gasteiger partial charge in [-0.15, -0.1) is 0 Å². The molecule has 1 aromatic heterocycles. The molecular weight excluding hydrogens is 331 g/mol. The number of rotatable bonds is 3. The van der Waals surface area contributed by atoms with Gasteiger partial charge in [0.15, 0.2) is 0 Å². The van der Waals surface area contributed by atoms with E-state index in [2.05, 4.69) is 9.71 Å². The van der Waals surface area contributed by atoms with Crippen LogP contribution in [0.2, 0.25) is 10.0 Å². The Labute approximate surface area is 134 Å². The Morgan fingerprint density at radius 1 is 1.00 bits per heavy atom. The van der Waals surface area contributed by atoms with Crippen LogP contribution in [0.5, 0.6) is 0 Å². The van der Waals surface area contributed by atoms with Gasteiger partial charge in [-0.1, -0.05) is 23.2 Å². The standard InChI is InChI=1S/C14H14Cl2N2O2S/c1-8-4-14(12(16)6-11(8)15)21(19,20)18-13-5-10(3)17-7-9(13)2/h4-7H,1-3H3,(H,17,18). The zero-order chi connectivity index (χ0) is 15.8. The lowest BCUT2D eigenvalue weighted by atomic mass is 10.2. The molecule has 0 unspecified atom stereocenters. The van der Waals surface area contributed by atoms with Crippen LogP contribution in [0.4, 0.5) is 5.69 Å². The molecule has 0 aliphatic carbocycles. The van der Waals surface area contributed by atoms with E-state index < -0.39 is 10.0 Å². The molecule has 4 nitrogen and oxygen atoms in total. The molecule has 21 heavy (non-hydrogen) atoms. The number of hydrogen-bond donors (Lipinski definition) is 1. The summed E-state index contributed by atoms with van der Waals surface area (Å²) < 4.78 is 27.5. The molecule has 7 heteroatoms. The van der Waals surface area contributed by atoms with Gasteiger partial charge in [-0.3, -0.25) is 9.71 Å². The normalized spacial score (nSPS) is 11.5. The molecule has 1 heterocycles. The van der Waals surface area contributed by atoms with Crippen LogP contribution in [-0.4, -0.2) is 13.4 Å². The monoisotopic (exact) mass is 344 g/mol. The number of pyridine rings is 1. The third-order valence-electron chi connectivity index (χ3n) is 2.99. The molecule has 2 rings (SSSR count). The Hall–Kier alpha value is -1.30. The maximum atomic E-state index is 12.5. The van der Waals surface area contributed by atoms with Gasteiger partial charge in [0.05, 0.1) is 10.7 Å². The molecule has 0 saturated heterocycles. The first kappa shape index (κ1) is 16.1. The van der Waals surface area contributed by atoms with Gasteiger partial charge in [0.25, 0.3) is 10.0 Å². The van der Waals surface area contributed by atoms with Gasteiger partial charge in [-0.25, -0.2) is 8.42 Å². The maximum absolute atomic E-state index is 12.5. The van der Waals surface area contributed by atoms with Crippen LogP contribution in [0.15, 0.2) is 29.3 Å². The van der Waals surface area contributed by atoms with Crippen LogP contribution >= 0.6 is 23.2 Å². The van der Waals surface area contributed by atoms with E-state index in [1.54, 1.807) is 33.0 Å². The molecule has 0 radical (unpaired) electrons. The lowest BCUT2D eigenvalue weighted by molar-refractivity contribution is 0.601. The van der Waals surface area contributed by atoms with Crippen LogP contribution < -0.4 is 4.72 Å². The second kappa shape index (κ2) is 5.83. The van der Waals surface area contributed by atoms with E-state index in [4.69, 9.17) is 23.2 Å². The Balaban J connectivity index is 2.48. The smallest absolute Gasteiger partial charge is 0.263 e. The summed E-state index contributed by atoms with van der Waals surface area (Å²) in [5.74, 6) is 0. The molecule has 0 atom stereocenters. The Morgan fingerprint density at radius 3 is 2.33 bits per heavy atom. The second-order valence-corrected chi connectivity index (χ2v) is 7.24. The average Bonchev–Trinajstić information content (AvgIpc) is 2.37. The number of aryl methyl sites for hydroxylation is 3. The largest absolute Gasteiger partial charge is 0.279 e. The number of anilines is 1. The minimum atomic E-state index is -3.79. The van der Waals surface area contributed by atoms with Gasteiger partial charge in [0.2, 0.25) is 0 Å². The summed E-state index contributed by atoms with van der Waals surface area (Å²) in [6.45, 7) is 5.29. The number of aromatic nitrogens is 1. The van der Waals surface area contributed by atoms with Gasteiger partial charge in [-0.05, 0) is 50.1 Å². The Morgan fingerprint density at radius 2 is 1.67 bits per heavy atom. The summed E-state index contributed by atoms with van der Waals surface area (Å²) >= 11 is 11.9. The van der Waals surface area contributed by atoms with Crippen molar-refractivity contribution in [2.75, 3.05) is 4.72 Å². The van der Waals surface area contributed by atoms with Crippen molar-refractivity contribution in [2.24, 2.45) is 0 Å². The quantitative estimate of drug-likeness (QED) is 0.911. The molecule has 0 amide bonds. The molecule has 0 saturated carbocycles. The summed E-state index contributed by atoms with van der Waals surface area (Å²) in [7, 11) is -3.79. The van der Waals surface area contributed by atoms with E-state index in [1.165, 1.54) is 12.1 Å². The van der Waals surface area contributed by atoms with Crippen LogP contribution in [0, 0.1) is 20.8 Å². The first-order valence-corrected chi connectivity index (χ1v) is 8.36. The average molecular weight is 345 g/mol. The van der Waals surface area contributed by atoms with Gasteiger partial charge in [0, 0.05) is 16.9 Å². The van der Waals surface area contributed by atoms with Crippen molar-refractivity contribution < 1.29 is 8.42 Å². The fraction of sp³-hybridized carbons (Fsp3) is 0.214. The van der Waals surface area contributed by atoms with Crippen molar-refractivity contribution >= 4 is 38.9 Å². The van der Waals surface area contributed by atoms with Gasteiger partial charge in [-0.2, -0.15) is 0 Å². The van der Waals surface area contributed by atoms with Crippen LogP contribution in [0.3, 0.4) is 0 Å². The molecule has 0 fully saturated rings. The summed E-state index contributed by atoms with van der Waals surface area (Å²) in [5.41, 5.74) is 2.57. The highest BCUT2D eigenvalue weighted by Gasteiger charge is 2.20. The highest BCUT2D eigenvalue weighted by molar-refractivity contribution is 7.92. The maximum Gasteiger partial charge on any atom is 0.263 e. The second-order valence-electron chi connectivity index (χ2n) is 4.78. The topological polar surface area (TPSA) is 59.1 Å². The highest BCUT2D eigenvalue weighted by Crippen LogP contribution is 2.30. The van der Waals surface area contributed by atoms with E-state index >= 15 is 0 Å². The Kier molecular flexibility index (Phi) is 4.46. The number of hydrogen-bond acceptors (Lipinski definition) is 3. The molecule has 0 bridgehead atoms. The number of halogens is 2. The SMILES string of the molecule is Cc1cc(NS(=O)(=O)c2cc(C)c(Cl)cc2Cl)c(C)cn1. The van der Waals surface area contributed by atoms with Crippen molar-refractivity contribution in [3.8, 4) is 0 Å². The van der Waals surface area contributed by atoms with Gasteiger partial charge in [0.1, 0.15) is 4.90 Å². The van der Waals surface area contributed by atoms with E-state index in [9.17, 15) is 8.42 Å². The first-order valence-electron chi connectivity index (χ1n) is 6.12.